The van der Waals surface area contributed by atoms with Crippen molar-refractivity contribution in [2.24, 2.45) is 4.99 Å². The van der Waals surface area contributed by atoms with Gasteiger partial charge in [0.15, 0.2) is 5.17 Å². The third-order valence-electron chi connectivity index (χ3n) is 5.52. The Labute approximate surface area is 179 Å². The molecule has 2 aliphatic rings. The van der Waals surface area contributed by atoms with Gasteiger partial charge in [-0.25, -0.2) is 0 Å². The molecule has 1 aromatic rings. The normalized spacial score (nSPS) is 24.7. The van der Waals surface area contributed by atoms with E-state index in [4.69, 9.17) is 4.99 Å². The summed E-state index contributed by atoms with van der Waals surface area (Å²) in [5.41, 5.74) is 0.433. The minimum Gasteiger partial charge on any atom is -0.406 e. The molecule has 2 unspecified atom stereocenters. The Morgan fingerprint density at radius 2 is 1.83 bits per heavy atom. The van der Waals surface area contributed by atoms with Gasteiger partial charge < -0.3 is 15.0 Å². The number of amidine groups is 1. The van der Waals surface area contributed by atoms with Crippen molar-refractivity contribution in [3.8, 4) is 5.75 Å². The number of alkyl halides is 3. The van der Waals surface area contributed by atoms with E-state index >= 15 is 0 Å². The van der Waals surface area contributed by atoms with E-state index in [1.54, 1.807) is 11.8 Å². The van der Waals surface area contributed by atoms with Gasteiger partial charge in [0.1, 0.15) is 5.75 Å². The molecule has 2 fully saturated rings. The molecule has 5 nitrogen and oxygen atoms in total. The first kappa shape index (κ1) is 22.8. The smallest absolute Gasteiger partial charge is 0.406 e. The fraction of sp³-hybridized carbons (Fsp3) is 0.619. The van der Waals surface area contributed by atoms with Gasteiger partial charge in [0.2, 0.25) is 5.91 Å². The number of rotatable bonds is 5. The SMILES string of the molecule is CC1SC(=NC2CCCCCC2)N(C)C1CC(=O)Nc1ccc(OC(F)(F)F)cc1. The summed E-state index contributed by atoms with van der Waals surface area (Å²) in [7, 11) is 1.98. The molecule has 3 rings (SSSR count). The van der Waals surface area contributed by atoms with Gasteiger partial charge in [0.25, 0.3) is 0 Å². The van der Waals surface area contributed by atoms with Crippen molar-refractivity contribution in [2.45, 2.75) is 75.6 Å². The van der Waals surface area contributed by atoms with Crippen LogP contribution in [0.5, 0.6) is 5.75 Å². The van der Waals surface area contributed by atoms with Gasteiger partial charge in [-0.15, -0.1) is 13.2 Å². The Balaban J connectivity index is 1.55. The third kappa shape index (κ3) is 6.55. The number of hydrogen-bond donors (Lipinski definition) is 1. The topological polar surface area (TPSA) is 53.9 Å². The van der Waals surface area contributed by atoms with Crippen LogP contribution in [0.2, 0.25) is 0 Å². The zero-order valence-electron chi connectivity index (χ0n) is 17.2. The maximum Gasteiger partial charge on any atom is 0.573 e. The standard InChI is InChI=1S/C21H28F3N3O2S/c1-14-18(27(2)20(30-14)26-15-7-5-3-4-6-8-15)13-19(28)25-16-9-11-17(12-10-16)29-21(22,23)24/h9-12,14-15,18H,3-8,13H2,1-2H3,(H,25,28). The van der Waals surface area contributed by atoms with Crippen LogP contribution in [-0.2, 0) is 4.79 Å². The molecule has 0 radical (unpaired) electrons. The fourth-order valence-corrected chi connectivity index (χ4v) is 5.17. The second kappa shape index (κ2) is 9.94. The number of amides is 1. The van der Waals surface area contributed by atoms with Gasteiger partial charge in [0.05, 0.1) is 12.1 Å². The van der Waals surface area contributed by atoms with Crippen LogP contribution in [0.15, 0.2) is 29.3 Å². The van der Waals surface area contributed by atoms with Crippen molar-refractivity contribution in [1.82, 2.24) is 4.90 Å². The highest BCUT2D eigenvalue weighted by Gasteiger charge is 2.36. The van der Waals surface area contributed by atoms with Gasteiger partial charge >= 0.3 is 6.36 Å². The van der Waals surface area contributed by atoms with E-state index < -0.39 is 6.36 Å². The highest BCUT2D eigenvalue weighted by Crippen LogP contribution is 2.34. The molecular weight excluding hydrogens is 415 g/mol. The Kier molecular flexibility index (Phi) is 7.55. The van der Waals surface area contributed by atoms with Crippen LogP contribution in [0.3, 0.4) is 0 Å². The van der Waals surface area contributed by atoms with Crippen molar-refractivity contribution < 1.29 is 22.7 Å². The van der Waals surface area contributed by atoms with E-state index in [0.717, 1.165) is 18.0 Å². The molecule has 1 aliphatic carbocycles. The summed E-state index contributed by atoms with van der Waals surface area (Å²) < 4.78 is 40.6. The molecule has 9 heteroatoms. The number of nitrogens with zero attached hydrogens (tertiary/aromatic N) is 2. The quantitative estimate of drug-likeness (QED) is 0.617. The van der Waals surface area contributed by atoms with Gasteiger partial charge in [-0.05, 0) is 37.1 Å². The van der Waals surface area contributed by atoms with E-state index in [1.807, 2.05) is 7.05 Å². The summed E-state index contributed by atoms with van der Waals surface area (Å²) in [4.78, 5) is 19.6. The molecule has 0 spiro atoms. The van der Waals surface area contributed by atoms with Crippen LogP contribution < -0.4 is 10.1 Å². The molecular formula is C21H28F3N3O2S. The first-order valence-electron chi connectivity index (χ1n) is 10.3. The number of carbonyl (C=O) groups excluding carboxylic acids is 1. The van der Waals surface area contributed by atoms with E-state index in [0.29, 0.717) is 11.7 Å². The van der Waals surface area contributed by atoms with E-state index in [2.05, 4.69) is 21.9 Å². The van der Waals surface area contributed by atoms with Crippen molar-refractivity contribution in [1.29, 1.82) is 0 Å². The van der Waals surface area contributed by atoms with Crippen LogP contribution in [0, 0.1) is 0 Å². The third-order valence-corrected chi connectivity index (χ3v) is 6.81. The lowest BCUT2D eigenvalue weighted by molar-refractivity contribution is -0.274. The number of hydrogen-bond acceptors (Lipinski definition) is 4. The summed E-state index contributed by atoms with van der Waals surface area (Å²) in [5, 5.41) is 3.98. The monoisotopic (exact) mass is 443 g/mol. The summed E-state index contributed by atoms with van der Waals surface area (Å²) in [6.07, 6.45) is 2.83. The number of halogens is 3. The zero-order chi connectivity index (χ0) is 21.7. The predicted molar refractivity (Wildman–Crippen MR) is 114 cm³/mol. The Morgan fingerprint density at radius 1 is 1.20 bits per heavy atom. The van der Waals surface area contributed by atoms with Gasteiger partial charge in [-0.2, -0.15) is 0 Å². The van der Waals surface area contributed by atoms with Gasteiger partial charge in [0, 0.05) is 24.4 Å². The number of thioether (sulfide) groups is 1. The second-order valence-electron chi connectivity index (χ2n) is 7.88. The van der Waals surface area contributed by atoms with Crippen LogP contribution in [0.25, 0.3) is 0 Å². The fourth-order valence-electron chi connectivity index (χ4n) is 3.89. The van der Waals surface area contributed by atoms with Crippen molar-refractivity contribution in [3.63, 3.8) is 0 Å². The molecule has 0 aromatic heterocycles. The second-order valence-corrected chi connectivity index (χ2v) is 9.23. The van der Waals surface area contributed by atoms with Crippen LogP contribution in [-0.4, -0.2) is 46.7 Å². The van der Waals surface area contributed by atoms with Gasteiger partial charge in [-0.1, -0.05) is 44.4 Å². The average Bonchev–Trinajstić information content (AvgIpc) is 2.84. The number of nitrogens with one attached hydrogen (secondary N) is 1. The van der Waals surface area contributed by atoms with Crippen LogP contribution >= 0.6 is 11.8 Å². The molecule has 2 atom stereocenters. The minimum absolute atomic E-state index is 0.0207. The predicted octanol–water partition coefficient (Wildman–Crippen LogP) is 5.43. The Morgan fingerprint density at radius 3 is 2.43 bits per heavy atom. The van der Waals surface area contributed by atoms with Crippen LogP contribution in [0.1, 0.15) is 51.9 Å². The highest BCUT2D eigenvalue weighted by atomic mass is 32.2. The number of ether oxygens (including phenoxy) is 1. The number of benzene rings is 1. The lowest BCUT2D eigenvalue weighted by atomic mass is 10.1. The molecule has 1 amide bonds. The lowest BCUT2D eigenvalue weighted by Gasteiger charge is -2.23. The first-order valence-corrected chi connectivity index (χ1v) is 11.2. The molecule has 0 bridgehead atoms. The highest BCUT2D eigenvalue weighted by molar-refractivity contribution is 8.14. The number of anilines is 1. The zero-order valence-corrected chi connectivity index (χ0v) is 18.1. The molecule has 166 valence electrons. The number of carbonyl (C=O) groups is 1. The molecule has 1 aliphatic heterocycles. The first-order chi connectivity index (χ1) is 14.2. The minimum atomic E-state index is -4.73. The van der Waals surface area contributed by atoms with Crippen molar-refractivity contribution in [2.75, 3.05) is 12.4 Å². The summed E-state index contributed by atoms with van der Waals surface area (Å²) >= 11 is 1.71. The number of aliphatic imine (C=N–C) groups is 1. The van der Waals surface area contributed by atoms with Gasteiger partial charge in [-0.3, -0.25) is 9.79 Å². The molecule has 30 heavy (non-hydrogen) atoms. The lowest BCUT2D eigenvalue weighted by Crippen LogP contribution is -2.36. The largest absolute Gasteiger partial charge is 0.573 e. The molecule has 1 saturated carbocycles. The van der Waals surface area contributed by atoms with E-state index in [9.17, 15) is 18.0 Å². The van der Waals surface area contributed by atoms with Crippen LogP contribution in [0.4, 0.5) is 18.9 Å². The summed E-state index contributed by atoms with van der Waals surface area (Å²) in [6.45, 7) is 2.10. The molecule has 1 N–H and O–H groups in total. The summed E-state index contributed by atoms with van der Waals surface area (Å²) in [6, 6.07) is 5.55. The maximum absolute atomic E-state index is 12.5. The van der Waals surface area contributed by atoms with E-state index in [-0.39, 0.29) is 29.4 Å². The molecule has 1 aromatic carbocycles. The van der Waals surface area contributed by atoms with Crippen molar-refractivity contribution >= 4 is 28.5 Å². The van der Waals surface area contributed by atoms with Crippen molar-refractivity contribution in [3.05, 3.63) is 24.3 Å². The average molecular weight is 444 g/mol. The Hall–Kier alpha value is -1.90. The molecule has 1 heterocycles. The Bertz CT molecular complexity index is 747. The maximum atomic E-state index is 12.5. The van der Waals surface area contributed by atoms with E-state index in [1.165, 1.54) is 49.9 Å². The summed E-state index contributed by atoms with van der Waals surface area (Å²) in [5.74, 6) is -0.500. The molecule has 1 saturated heterocycles.